The Balaban J connectivity index is 2.25. The Morgan fingerprint density at radius 1 is 1.40 bits per heavy atom. The third kappa shape index (κ3) is 2.74. The van der Waals surface area contributed by atoms with Gasteiger partial charge >= 0.3 is 5.97 Å². The van der Waals surface area contributed by atoms with Crippen LogP contribution in [-0.2, 0) is 4.79 Å². The third-order valence-corrected chi connectivity index (χ3v) is 3.45. The van der Waals surface area contributed by atoms with E-state index in [0.29, 0.717) is 13.0 Å². The minimum atomic E-state index is -1.02. The zero-order valence-electron chi connectivity index (χ0n) is 11.1. The summed E-state index contributed by atoms with van der Waals surface area (Å²) in [5.74, 6) is -2.07. The number of aliphatic carboxylic acids is 1. The van der Waals surface area contributed by atoms with Gasteiger partial charge in [0.2, 0.25) is 0 Å². The molecule has 1 N–H and O–H groups in total. The highest BCUT2D eigenvalue weighted by molar-refractivity contribution is 5.96. The highest BCUT2D eigenvalue weighted by Crippen LogP contribution is 2.23. The van der Waals surface area contributed by atoms with Crippen molar-refractivity contribution in [3.05, 3.63) is 29.6 Å². The number of rotatable bonds is 3. The lowest BCUT2D eigenvalue weighted by molar-refractivity contribution is -0.143. The summed E-state index contributed by atoms with van der Waals surface area (Å²) in [5.41, 5.74) is 0.136. The highest BCUT2D eigenvalue weighted by Gasteiger charge is 2.32. The van der Waals surface area contributed by atoms with Crippen LogP contribution in [0.5, 0.6) is 5.75 Å². The van der Waals surface area contributed by atoms with Gasteiger partial charge in [0.25, 0.3) is 5.91 Å². The van der Waals surface area contributed by atoms with Crippen LogP contribution in [0.2, 0.25) is 0 Å². The standard InChI is InChI=1S/C14H16FNO4/c1-20-12-6-5-9(8-10(12)15)13(17)16-7-3-2-4-11(16)14(18)19/h5-6,8,11H,2-4,7H2,1H3,(H,18,19)/t11-/m0/s1. The number of nitrogens with zero attached hydrogens (tertiary/aromatic N) is 1. The van der Waals surface area contributed by atoms with Gasteiger partial charge in [0.15, 0.2) is 11.6 Å². The van der Waals surface area contributed by atoms with E-state index in [2.05, 4.69) is 0 Å². The molecule has 0 saturated carbocycles. The van der Waals surface area contributed by atoms with E-state index in [1.807, 2.05) is 0 Å². The number of carbonyl (C=O) groups is 2. The van der Waals surface area contributed by atoms with Crippen LogP contribution < -0.4 is 4.74 Å². The van der Waals surface area contributed by atoms with Crippen molar-refractivity contribution in [1.82, 2.24) is 4.90 Å². The predicted molar refractivity (Wildman–Crippen MR) is 69.3 cm³/mol. The van der Waals surface area contributed by atoms with Crippen LogP contribution in [0.3, 0.4) is 0 Å². The summed E-state index contributed by atoms with van der Waals surface area (Å²) in [6.45, 7) is 0.378. The molecule has 1 aliphatic rings. The maximum absolute atomic E-state index is 13.6. The van der Waals surface area contributed by atoms with Crippen LogP contribution in [0.25, 0.3) is 0 Å². The van der Waals surface area contributed by atoms with E-state index in [1.165, 1.54) is 24.1 Å². The average Bonchev–Trinajstić information content (AvgIpc) is 2.46. The van der Waals surface area contributed by atoms with Crippen molar-refractivity contribution in [2.45, 2.75) is 25.3 Å². The molecule has 0 spiro atoms. The number of carbonyl (C=O) groups excluding carboxylic acids is 1. The zero-order valence-corrected chi connectivity index (χ0v) is 11.1. The molecule has 1 fully saturated rings. The summed E-state index contributed by atoms with van der Waals surface area (Å²) in [4.78, 5) is 24.8. The quantitative estimate of drug-likeness (QED) is 0.919. The Hall–Kier alpha value is -2.11. The number of amides is 1. The van der Waals surface area contributed by atoms with Crippen molar-refractivity contribution in [3.63, 3.8) is 0 Å². The number of ether oxygens (including phenoxy) is 1. The van der Waals surface area contributed by atoms with Crippen LogP contribution in [0.15, 0.2) is 18.2 Å². The molecule has 0 radical (unpaired) electrons. The average molecular weight is 281 g/mol. The molecule has 0 bridgehead atoms. The minimum Gasteiger partial charge on any atom is -0.494 e. The number of hydrogen-bond acceptors (Lipinski definition) is 3. The molecule has 20 heavy (non-hydrogen) atoms. The van der Waals surface area contributed by atoms with E-state index < -0.39 is 23.7 Å². The Bertz CT molecular complexity index is 532. The smallest absolute Gasteiger partial charge is 0.326 e. The Kier molecular flexibility index (Phi) is 4.22. The first-order valence-corrected chi connectivity index (χ1v) is 6.42. The van der Waals surface area contributed by atoms with E-state index >= 15 is 0 Å². The van der Waals surface area contributed by atoms with Crippen LogP contribution in [0.1, 0.15) is 29.6 Å². The molecule has 1 amide bonds. The summed E-state index contributed by atoms with van der Waals surface area (Å²) in [6, 6.07) is 3.05. The van der Waals surface area contributed by atoms with Crippen molar-refractivity contribution in [2.75, 3.05) is 13.7 Å². The normalized spacial score (nSPS) is 18.7. The van der Waals surface area contributed by atoms with Gasteiger partial charge in [-0.3, -0.25) is 4.79 Å². The van der Waals surface area contributed by atoms with Crippen molar-refractivity contribution < 1.29 is 23.8 Å². The van der Waals surface area contributed by atoms with Gasteiger partial charge in [-0.1, -0.05) is 0 Å². The molecule has 1 saturated heterocycles. The number of benzene rings is 1. The third-order valence-electron chi connectivity index (χ3n) is 3.45. The second-order valence-electron chi connectivity index (χ2n) is 4.70. The topological polar surface area (TPSA) is 66.8 Å². The fourth-order valence-corrected chi connectivity index (χ4v) is 2.40. The lowest BCUT2D eigenvalue weighted by atomic mass is 10.0. The molecule has 1 heterocycles. The number of hydrogen-bond donors (Lipinski definition) is 1. The van der Waals surface area contributed by atoms with E-state index in [9.17, 15) is 14.0 Å². The first-order valence-electron chi connectivity index (χ1n) is 6.42. The SMILES string of the molecule is COc1ccc(C(=O)N2CCCC[C@H]2C(=O)O)cc1F. The molecule has 1 aromatic carbocycles. The number of likely N-dealkylation sites (tertiary alicyclic amines) is 1. The molecule has 1 atom stereocenters. The molecular formula is C14H16FNO4. The van der Waals surface area contributed by atoms with Crippen molar-refractivity contribution in [1.29, 1.82) is 0 Å². The van der Waals surface area contributed by atoms with Crippen molar-refractivity contribution in [2.24, 2.45) is 0 Å². The number of methoxy groups -OCH3 is 1. The lowest BCUT2D eigenvalue weighted by Crippen LogP contribution is -2.48. The molecule has 0 aromatic heterocycles. The van der Waals surface area contributed by atoms with Gasteiger partial charge in [-0.05, 0) is 37.5 Å². The van der Waals surface area contributed by atoms with Gasteiger partial charge < -0.3 is 14.7 Å². The fourth-order valence-electron chi connectivity index (χ4n) is 2.40. The summed E-state index contributed by atoms with van der Waals surface area (Å²) in [6.07, 6.45) is 1.96. The molecule has 0 unspecified atom stereocenters. The molecule has 0 aliphatic carbocycles. The molecule has 1 aliphatic heterocycles. The number of carboxylic acid groups (broad SMARTS) is 1. The van der Waals surface area contributed by atoms with Gasteiger partial charge in [-0.15, -0.1) is 0 Å². The monoisotopic (exact) mass is 281 g/mol. The summed E-state index contributed by atoms with van der Waals surface area (Å²) < 4.78 is 18.4. The minimum absolute atomic E-state index is 0.0509. The van der Waals surface area contributed by atoms with E-state index in [0.717, 1.165) is 18.9 Å². The van der Waals surface area contributed by atoms with Gasteiger partial charge in [-0.25, -0.2) is 9.18 Å². The number of halogens is 1. The van der Waals surface area contributed by atoms with Crippen LogP contribution in [-0.4, -0.2) is 41.6 Å². The first-order chi connectivity index (χ1) is 9.54. The molecule has 5 nitrogen and oxygen atoms in total. The fraction of sp³-hybridized carbons (Fsp3) is 0.429. The van der Waals surface area contributed by atoms with Gasteiger partial charge in [-0.2, -0.15) is 0 Å². The molecular weight excluding hydrogens is 265 g/mol. The van der Waals surface area contributed by atoms with E-state index in [4.69, 9.17) is 9.84 Å². The van der Waals surface area contributed by atoms with Crippen molar-refractivity contribution >= 4 is 11.9 Å². The molecule has 108 valence electrons. The Morgan fingerprint density at radius 2 is 2.15 bits per heavy atom. The van der Waals surface area contributed by atoms with E-state index in [1.54, 1.807) is 0 Å². The van der Waals surface area contributed by atoms with E-state index in [-0.39, 0.29) is 11.3 Å². The van der Waals surface area contributed by atoms with Gasteiger partial charge in [0, 0.05) is 12.1 Å². The molecule has 6 heteroatoms. The lowest BCUT2D eigenvalue weighted by Gasteiger charge is -2.33. The van der Waals surface area contributed by atoms with Crippen LogP contribution >= 0.6 is 0 Å². The summed E-state index contributed by atoms with van der Waals surface area (Å²) in [7, 11) is 1.34. The molecule has 2 rings (SSSR count). The first kappa shape index (κ1) is 14.3. The van der Waals surface area contributed by atoms with Crippen LogP contribution in [0, 0.1) is 5.82 Å². The van der Waals surface area contributed by atoms with Gasteiger partial charge in [0.05, 0.1) is 7.11 Å². The Morgan fingerprint density at radius 3 is 2.75 bits per heavy atom. The molecule has 1 aromatic rings. The second-order valence-corrected chi connectivity index (χ2v) is 4.70. The maximum Gasteiger partial charge on any atom is 0.326 e. The number of piperidine rings is 1. The van der Waals surface area contributed by atoms with Gasteiger partial charge in [0.1, 0.15) is 6.04 Å². The second kappa shape index (κ2) is 5.90. The Labute approximate surface area is 116 Å². The number of carboxylic acids is 1. The van der Waals surface area contributed by atoms with Crippen molar-refractivity contribution in [3.8, 4) is 5.75 Å². The van der Waals surface area contributed by atoms with Crippen LogP contribution in [0.4, 0.5) is 4.39 Å². The summed E-state index contributed by atoms with van der Waals surface area (Å²) in [5, 5.41) is 9.15. The zero-order chi connectivity index (χ0) is 14.7. The highest BCUT2D eigenvalue weighted by atomic mass is 19.1. The maximum atomic E-state index is 13.6. The predicted octanol–water partition coefficient (Wildman–Crippen LogP) is 1.91. The summed E-state index contributed by atoms with van der Waals surface area (Å²) >= 11 is 0. The largest absolute Gasteiger partial charge is 0.494 e.